The molecule has 96 valence electrons. The highest BCUT2D eigenvalue weighted by molar-refractivity contribution is 7.90. The Balaban J connectivity index is 2.83. The summed E-state index contributed by atoms with van der Waals surface area (Å²) in [6.07, 6.45) is 1.97. The van der Waals surface area contributed by atoms with Crippen molar-refractivity contribution in [2.45, 2.75) is 31.2 Å². The van der Waals surface area contributed by atoms with Crippen LogP contribution in [0.1, 0.15) is 19.4 Å². The zero-order valence-electron chi connectivity index (χ0n) is 10.5. The lowest BCUT2D eigenvalue weighted by Crippen LogP contribution is -2.25. The van der Waals surface area contributed by atoms with E-state index in [4.69, 9.17) is 5.73 Å². The second kappa shape index (κ2) is 5.51. The molecule has 0 saturated heterocycles. The first-order valence-electron chi connectivity index (χ1n) is 5.62. The molecule has 3 N–H and O–H groups in total. The fourth-order valence-corrected chi connectivity index (χ4v) is 2.42. The second-order valence-electron chi connectivity index (χ2n) is 4.50. The molecule has 0 unspecified atom stereocenters. The molecule has 0 aliphatic rings. The largest absolute Gasteiger partial charge is 0.398 e. The van der Waals surface area contributed by atoms with Crippen LogP contribution in [0.4, 0.5) is 5.69 Å². The summed E-state index contributed by atoms with van der Waals surface area (Å²) in [5, 5.41) is 3.29. The molecule has 1 rings (SSSR count). The topological polar surface area (TPSA) is 72.2 Å². The molecule has 0 atom stereocenters. The van der Waals surface area contributed by atoms with Crippen molar-refractivity contribution in [1.82, 2.24) is 5.32 Å². The summed E-state index contributed by atoms with van der Waals surface area (Å²) < 4.78 is 23.0. The smallest absolute Gasteiger partial charge is 0.177 e. The normalized spacial score (nSPS) is 12.0. The van der Waals surface area contributed by atoms with Gasteiger partial charge in [0, 0.05) is 12.3 Å². The lowest BCUT2D eigenvalue weighted by atomic mass is 10.1. The average molecular weight is 256 g/mol. The van der Waals surface area contributed by atoms with Gasteiger partial charge in [-0.1, -0.05) is 19.9 Å². The van der Waals surface area contributed by atoms with Gasteiger partial charge in [0.05, 0.1) is 10.6 Å². The molecule has 0 aromatic heterocycles. The van der Waals surface area contributed by atoms with Gasteiger partial charge in [-0.2, -0.15) is 0 Å². The number of rotatable bonds is 5. The van der Waals surface area contributed by atoms with Gasteiger partial charge in [0.1, 0.15) is 0 Å². The fraction of sp³-hybridized carbons (Fsp3) is 0.500. The number of nitrogen functional groups attached to an aromatic ring is 1. The van der Waals surface area contributed by atoms with Crippen molar-refractivity contribution in [3.8, 4) is 0 Å². The van der Waals surface area contributed by atoms with Crippen LogP contribution >= 0.6 is 0 Å². The van der Waals surface area contributed by atoms with Crippen LogP contribution in [-0.2, 0) is 16.3 Å². The Morgan fingerprint density at radius 1 is 1.35 bits per heavy atom. The first kappa shape index (κ1) is 14.0. The van der Waals surface area contributed by atoms with Gasteiger partial charge in [-0.05, 0) is 30.7 Å². The first-order chi connectivity index (χ1) is 7.80. The molecule has 17 heavy (non-hydrogen) atoms. The molecule has 0 aliphatic carbocycles. The fourth-order valence-electron chi connectivity index (χ4n) is 1.56. The van der Waals surface area contributed by atoms with Crippen molar-refractivity contribution in [3.63, 3.8) is 0 Å². The zero-order valence-corrected chi connectivity index (χ0v) is 11.3. The average Bonchev–Trinajstić information content (AvgIpc) is 2.18. The summed E-state index contributed by atoms with van der Waals surface area (Å²) in [6.45, 7) is 4.97. The van der Waals surface area contributed by atoms with Crippen molar-refractivity contribution in [1.29, 1.82) is 0 Å². The molecule has 1 aromatic rings. The molecule has 0 aliphatic heterocycles. The number of anilines is 1. The van der Waals surface area contributed by atoms with Crippen LogP contribution in [0.5, 0.6) is 0 Å². The maximum Gasteiger partial charge on any atom is 0.177 e. The van der Waals surface area contributed by atoms with E-state index in [1.807, 2.05) is 6.07 Å². The number of benzene rings is 1. The van der Waals surface area contributed by atoms with Gasteiger partial charge in [-0.3, -0.25) is 0 Å². The van der Waals surface area contributed by atoms with Crippen LogP contribution < -0.4 is 11.1 Å². The van der Waals surface area contributed by atoms with Crippen LogP contribution in [0.15, 0.2) is 23.1 Å². The van der Waals surface area contributed by atoms with Crippen molar-refractivity contribution in [3.05, 3.63) is 23.8 Å². The maximum absolute atomic E-state index is 11.5. The molecule has 0 spiro atoms. The predicted molar refractivity (Wildman–Crippen MR) is 70.8 cm³/mol. The highest BCUT2D eigenvalue weighted by Gasteiger charge is 2.11. The third-order valence-electron chi connectivity index (χ3n) is 2.44. The van der Waals surface area contributed by atoms with Gasteiger partial charge in [0.25, 0.3) is 0 Å². The van der Waals surface area contributed by atoms with Crippen LogP contribution in [-0.4, -0.2) is 27.3 Å². The van der Waals surface area contributed by atoms with E-state index < -0.39 is 9.84 Å². The monoisotopic (exact) mass is 256 g/mol. The van der Waals surface area contributed by atoms with Gasteiger partial charge >= 0.3 is 0 Å². The summed E-state index contributed by atoms with van der Waals surface area (Å²) >= 11 is 0. The minimum absolute atomic E-state index is 0.222. The number of hydrogen-bond donors (Lipinski definition) is 2. The summed E-state index contributed by atoms with van der Waals surface area (Å²) in [4.78, 5) is 0.222. The lowest BCUT2D eigenvalue weighted by molar-refractivity contribution is 0.589. The third-order valence-corrected chi connectivity index (χ3v) is 3.60. The van der Waals surface area contributed by atoms with Gasteiger partial charge in [-0.15, -0.1) is 0 Å². The number of nitrogens with two attached hydrogens (primary N) is 1. The summed E-state index contributed by atoms with van der Waals surface area (Å²) in [5.41, 5.74) is 6.95. The number of hydrogen-bond acceptors (Lipinski definition) is 4. The minimum Gasteiger partial charge on any atom is -0.398 e. The Morgan fingerprint density at radius 3 is 2.53 bits per heavy atom. The van der Waals surface area contributed by atoms with E-state index in [0.29, 0.717) is 11.7 Å². The Hall–Kier alpha value is -1.07. The van der Waals surface area contributed by atoms with Crippen molar-refractivity contribution >= 4 is 15.5 Å². The van der Waals surface area contributed by atoms with Gasteiger partial charge in [0.15, 0.2) is 9.84 Å². The van der Waals surface area contributed by atoms with E-state index in [2.05, 4.69) is 19.2 Å². The maximum atomic E-state index is 11.5. The van der Waals surface area contributed by atoms with Crippen LogP contribution in [0.25, 0.3) is 0 Å². The molecule has 0 amide bonds. The van der Waals surface area contributed by atoms with E-state index in [0.717, 1.165) is 18.5 Å². The Bertz CT molecular complexity index is 481. The molecule has 4 nitrogen and oxygen atoms in total. The lowest BCUT2D eigenvalue weighted by Gasteiger charge is -2.10. The predicted octanol–water partition coefficient (Wildman–Crippen LogP) is 1.21. The molecule has 0 heterocycles. The molecule has 5 heteroatoms. The Labute approximate surface area is 103 Å². The quantitative estimate of drug-likeness (QED) is 0.777. The molecular formula is C12H20N2O2S. The van der Waals surface area contributed by atoms with Crippen molar-refractivity contribution < 1.29 is 8.42 Å². The van der Waals surface area contributed by atoms with E-state index in [1.54, 1.807) is 12.1 Å². The number of nitrogens with one attached hydrogen (secondary N) is 1. The van der Waals surface area contributed by atoms with Crippen LogP contribution in [0.2, 0.25) is 0 Å². The SMILES string of the molecule is CC(C)NCCc1ccc(N)c(S(C)(=O)=O)c1. The minimum atomic E-state index is -3.24. The highest BCUT2D eigenvalue weighted by Crippen LogP contribution is 2.19. The van der Waals surface area contributed by atoms with Gasteiger partial charge < -0.3 is 11.1 Å². The van der Waals surface area contributed by atoms with Crippen LogP contribution in [0.3, 0.4) is 0 Å². The van der Waals surface area contributed by atoms with Crippen molar-refractivity contribution in [2.75, 3.05) is 18.5 Å². The summed E-state index contributed by atoms with van der Waals surface area (Å²) in [5.74, 6) is 0. The second-order valence-corrected chi connectivity index (χ2v) is 6.49. The molecule has 0 saturated carbocycles. The molecule has 0 radical (unpaired) electrons. The highest BCUT2D eigenvalue weighted by atomic mass is 32.2. The number of sulfone groups is 1. The summed E-state index contributed by atoms with van der Waals surface area (Å²) in [7, 11) is -3.24. The molecule has 0 fully saturated rings. The zero-order chi connectivity index (χ0) is 13.1. The third kappa shape index (κ3) is 4.36. The standard InChI is InChI=1S/C12H20N2O2S/c1-9(2)14-7-6-10-4-5-11(13)12(8-10)17(3,15)16/h4-5,8-9,14H,6-7,13H2,1-3H3. The van der Waals surface area contributed by atoms with E-state index in [-0.39, 0.29) is 4.90 Å². The van der Waals surface area contributed by atoms with E-state index >= 15 is 0 Å². The van der Waals surface area contributed by atoms with Crippen LogP contribution in [0, 0.1) is 0 Å². The van der Waals surface area contributed by atoms with E-state index in [1.165, 1.54) is 6.26 Å². The Kier molecular flexibility index (Phi) is 4.54. The first-order valence-corrected chi connectivity index (χ1v) is 7.51. The summed E-state index contributed by atoms with van der Waals surface area (Å²) in [6, 6.07) is 5.61. The van der Waals surface area contributed by atoms with Gasteiger partial charge in [-0.25, -0.2) is 8.42 Å². The van der Waals surface area contributed by atoms with E-state index in [9.17, 15) is 8.42 Å². The Morgan fingerprint density at radius 2 is 2.00 bits per heavy atom. The van der Waals surface area contributed by atoms with Gasteiger partial charge in [0.2, 0.25) is 0 Å². The van der Waals surface area contributed by atoms with Crippen molar-refractivity contribution in [2.24, 2.45) is 0 Å². The molecule has 0 bridgehead atoms. The molecular weight excluding hydrogens is 236 g/mol. The molecule has 1 aromatic carbocycles.